The minimum Gasteiger partial charge on any atom is -0.349 e. The Bertz CT molecular complexity index is 697. The number of hydrogen-bond acceptors (Lipinski definition) is 1. The minimum absolute atomic E-state index is 0.0261. The zero-order valence-electron chi connectivity index (χ0n) is 12.9. The van der Waals surface area contributed by atoms with Crippen molar-refractivity contribution in [3.05, 3.63) is 68.7 Å². The summed E-state index contributed by atoms with van der Waals surface area (Å²) < 4.78 is 0. The molecule has 0 spiro atoms. The Morgan fingerprint density at radius 1 is 1.09 bits per heavy atom. The summed E-state index contributed by atoms with van der Waals surface area (Å²) >= 11 is 12.1. The van der Waals surface area contributed by atoms with Crippen LogP contribution in [0.5, 0.6) is 0 Å². The van der Waals surface area contributed by atoms with E-state index in [0.29, 0.717) is 16.5 Å². The average Bonchev–Trinajstić information content (AvgIpc) is 2.42. The number of aryl methyl sites for hydroxylation is 2. The first-order valence-corrected chi connectivity index (χ1v) is 7.93. The van der Waals surface area contributed by atoms with Crippen molar-refractivity contribution in [1.29, 1.82) is 0 Å². The van der Waals surface area contributed by atoms with Gasteiger partial charge in [0.05, 0.1) is 12.5 Å². The highest BCUT2D eigenvalue weighted by molar-refractivity contribution is 6.35. The van der Waals surface area contributed by atoms with Crippen molar-refractivity contribution in [3.8, 4) is 0 Å². The maximum absolute atomic E-state index is 12.2. The third-order valence-corrected chi connectivity index (χ3v) is 4.30. The molecule has 0 unspecified atom stereocenters. The van der Waals surface area contributed by atoms with Crippen molar-refractivity contribution in [2.24, 2.45) is 0 Å². The standard InChI is InChI=1S/C18H19Cl2NO/c1-11-4-5-14(8-12(11)2)9-18(22)21-13(3)16-7-6-15(19)10-17(16)20/h4-8,10,13H,9H2,1-3H3,(H,21,22)/t13-/m0/s1. The molecule has 0 fully saturated rings. The number of carbonyl (C=O) groups is 1. The molecule has 2 aromatic rings. The van der Waals surface area contributed by atoms with E-state index >= 15 is 0 Å². The molecule has 116 valence electrons. The molecule has 1 atom stereocenters. The quantitative estimate of drug-likeness (QED) is 0.833. The summed E-state index contributed by atoms with van der Waals surface area (Å²) in [6.07, 6.45) is 0.358. The van der Waals surface area contributed by atoms with Gasteiger partial charge in [0.2, 0.25) is 5.91 Å². The van der Waals surface area contributed by atoms with E-state index in [-0.39, 0.29) is 11.9 Å². The molecule has 22 heavy (non-hydrogen) atoms. The van der Waals surface area contributed by atoms with Gasteiger partial charge in [0.25, 0.3) is 0 Å². The summed E-state index contributed by atoms with van der Waals surface area (Å²) in [6.45, 7) is 6.02. The van der Waals surface area contributed by atoms with E-state index in [0.717, 1.165) is 11.1 Å². The molecular formula is C18H19Cl2NO. The van der Waals surface area contributed by atoms with Crippen molar-refractivity contribution in [3.63, 3.8) is 0 Å². The summed E-state index contributed by atoms with van der Waals surface area (Å²) in [5, 5.41) is 4.12. The van der Waals surface area contributed by atoms with Crippen LogP contribution in [0.4, 0.5) is 0 Å². The van der Waals surface area contributed by atoms with Gasteiger partial charge in [0.15, 0.2) is 0 Å². The Morgan fingerprint density at radius 2 is 1.82 bits per heavy atom. The normalized spacial score (nSPS) is 12.0. The van der Waals surface area contributed by atoms with Crippen LogP contribution >= 0.6 is 23.2 Å². The highest BCUT2D eigenvalue weighted by Gasteiger charge is 2.13. The monoisotopic (exact) mass is 335 g/mol. The molecule has 0 aliphatic rings. The van der Waals surface area contributed by atoms with E-state index in [1.807, 2.05) is 32.0 Å². The van der Waals surface area contributed by atoms with E-state index in [1.54, 1.807) is 12.1 Å². The molecule has 1 N–H and O–H groups in total. The highest BCUT2D eigenvalue weighted by atomic mass is 35.5. The van der Waals surface area contributed by atoms with Crippen LogP contribution in [0.3, 0.4) is 0 Å². The molecule has 0 saturated heterocycles. The van der Waals surface area contributed by atoms with Crippen LogP contribution in [0.2, 0.25) is 10.0 Å². The van der Waals surface area contributed by atoms with Crippen molar-refractivity contribution >= 4 is 29.1 Å². The lowest BCUT2D eigenvalue weighted by atomic mass is 10.0. The van der Waals surface area contributed by atoms with Crippen molar-refractivity contribution in [2.75, 3.05) is 0 Å². The molecule has 0 saturated carbocycles. The van der Waals surface area contributed by atoms with Gasteiger partial charge in [0, 0.05) is 10.0 Å². The summed E-state index contributed by atoms with van der Waals surface area (Å²) in [7, 11) is 0. The van der Waals surface area contributed by atoms with Crippen molar-refractivity contribution in [1.82, 2.24) is 5.32 Å². The van der Waals surface area contributed by atoms with Gasteiger partial charge in [-0.3, -0.25) is 4.79 Å². The number of rotatable bonds is 4. The highest BCUT2D eigenvalue weighted by Crippen LogP contribution is 2.26. The molecule has 0 aromatic heterocycles. The molecule has 2 aromatic carbocycles. The van der Waals surface area contributed by atoms with Gasteiger partial charge >= 0.3 is 0 Å². The molecule has 1 amide bonds. The molecular weight excluding hydrogens is 317 g/mol. The maximum atomic E-state index is 12.2. The van der Waals surface area contributed by atoms with Crippen molar-refractivity contribution in [2.45, 2.75) is 33.2 Å². The van der Waals surface area contributed by atoms with Crippen LogP contribution in [0.15, 0.2) is 36.4 Å². The summed E-state index contributed by atoms with van der Waals surface area (Å²) in [6, 6.07) is 11.2. The second kappa shape index (κ2) is 7.17. The second-order valence-corrected chi connectivity index (χ2v) is 6.39. The lowest BCUT2D eigenvalue weighted by Crippen LogP contribution is -2.28. The Morgan fingerprint density at radius 3 is 2.45 bits per heavy atom. The van der Waals surface area contributed by atoms with Gasteiger partial charge in [-0.1, -0.05) is 47.5 Å². The fraction of sp³-hybridized carbons (Fsp3) is 0.278. The second-order valence-electron chi connectivity index (χ2n) is 5.55. The first-order valence-electron chi connectivity index (χ1n) is 7.17. The van der Waals surface area contributed by atoms with Crippen LogP contribution < -0.4 is 5.32 Å². The summed E-state index contributed by atoms with van der Waals surface area (Å²) in [5.41, 5.74) is 4.29. The summed E-state index contributed by atoms with van der Waals surface area (Å²) in [4.78, 5) is 12.2. The smallest absolute Gasteiger partial charge is 0.224 e. The van der Waals surface area contributed by atoms with Gasteiger partial charge < -0.3 is 5.32 Å². The summed E-state index contributed by atoms with van der Waals surface area (Å²) in [5.74, 6) is -0.0261. The van der Waals surface area contributed by atoms with Gasteiger partial charge in [-0.2, -0.15) is 0 Å². The molecule has 0 aliphatic heterocycles. The molecule has 4 heteroatoms. The third kappa shape index (κ3) is 4.25. The largest absolute Gasteiger partial charge is 0.349 e. The molecule has 2 nitrogen and oxygen atoms in total. The Labute approximate surface area is 141 Å². The fourth-order valence-electron chi connectivity index (χ4n) is 2.32. The van der Waals surface area contributed by atoms with E-state index in [1.165, 1.54) is 11.1 Å². The lowest BCUT2D eigenvalue weighted by Gasteiger charge is -2.16. The maximum Gasteiger partial charge on any atom is 0.224 e. The minimum atomic E-state index is -0.163. The predicted octanol–water partition coefficient (Wildman–Crippen LogP) is 5.03. The molecule has 0 heterocycles. The SMILES string of the molecule is Cc1ccc(CC(=O)N[C@@H](C)c2ccc(Cl)cc2Cl)cc1C. The molecule has 0 radical (unpaired) electrons. The molecule has 0 aliphatic carbocycles. The van der Waals surface area contributed by atoms with Crippen LogP contribution in [0.25, 0.3) is 0 Å². The fourth-order valence-corrected chi connectivity index (χ4v) is 2.89. The zero-order chi connectivity index (χ0) is 16.3. The lowest BCUT2D eigenvalue weighted by molar-refractivity contribution is -0.121. The Balaban J connectivity index is 2.03. The van der Waals surface area contributed by atoms with E-state index < -0.39 is 0 Å². The van der Waals surface area contributed by atoms with Crippen LogP contribution in [-0.2, 0) is 11.2 Å². The molecule has 0 bridgehead atoms. The number of hydrogen-bond donors (Lipinski definition) is 1. The van der Waals surface area contributed by atoms with Gasteiger partial charge in [-0.05, 0) is 55.2 Å². The van der Waals surface area contributed by atoms with Gasteiger partial charge in [0.1, 0.15) is 0 Å². The third-order valence-electron chi connectivity index (χ3n) is 3.74. The number of carbonyl (C=O) groups excluding carboxylic acids is 1. The number of benzene rings is 2. The predicted molar refractivity (Wildman–Crippen MR) is 92.6 cm³/mol. The van der Waals surface area contributed by atoms with Crippen molar-refractivity contribution < 1.29 is 4.79 Å². The van der Waals surface area contributed by atoms with Crippen LogP contribution in [-0.4, -0.2) is 5.91 Å². The van der Waals surface area contributed by atoms with Gasteiger partial charge in [-0.25, -0.2) is 0 Å². The number of nitrogens with one attached hydrogen (secondary N) is 1. The average molecular weight is 336 g/mol. The topological polar surface area (TPSA) is 29.1 Å². The van der Waals surface area contributed by atoms with Gasteiger partial charge in [-0.15, -0.1) is 0 Å². The van der Waals surface area contributed by atoms with E-state index in [2.05, 4.69) is 18.3 Å². The Kier molecular flexibility index (Phi) is 5.49. The first kappa shape index (κ1) is 16.9. The number of halogens is 2. The van der Waals surface area contributed by atoms with Crippen LogP contribution in [0, 0.1) is 13.8 Å². The van der Waals surface area contributed by atoms with E-state index in [9.17, 15) is 4.79 Å². The van der Waals surface area contributed by atoms with E-state index in [4.69, 9.17) is 23.2 Å². The Hall–Kier alpha value is -1.51. The zero-order valence-corrected chi connectivity index (χ0v) is 14.4. The van der Waals surface area contributed by atoms with Crippen LogP contribution in [0.1, 0.15) is 35.2 Å². The molecule has 2 rings (SSSR count). The number of amides is 1. The first-order chi connectivity index (χ1) is 10.4.